The number of hydrogen-bond donors (Lipinski definition) is 0. The van der Waals surface area contributed by atoms with Crippen molar-refractivity contribution in [1.82, 2.24) is 9.21 Å². The Bertz CT molecular complexity index is 584. The van der Waals surface area contributed by atoms with Crippen LogP contribution >= 0.6 is 23.2 Å². The molecule has 0 bridgehead atoms. The van der Waals surface area contributed by atoms with Crippen LogP contribution in [0.1, 0.15) is 12.8 Å². The van der Waals surface area contributed by atoms with Crippen molar-refractivity contribution in [3.8, 4) is 0 Å². The van der Waals surface area contributed by atoms with Crippen LogP contribution in [-0.2, 0) is 10.0 Å². The third kappa shape index (κ3) is 3.28. The van der Waals surface area contributed by atoms with Gasteiger partial charge in [-0.05, 0) is 51.2 Å². The third-order valence-electron chi connectivity index (χ3n) is 3.75. The molecule has 20 heavy (non-hydrogen) atoms. The van der Waals surface area contributed by atoms with Crippen molar-refractivity contribution >= 4 is 33.2 Å². The van der Waals surface area contributed by atoms with E-state index in [0.29, 0.717) is 5.02 Å². The Morgan fingerprint density at radius 3 is 2.45 bits per heavy atom. The van der Waals surface area contributed by atoms with Crippen molar-refractivity contribution in [1.29, 1.82) is 0 Å². The number of rotatable bonds is 3. The van der Waals surface area contributed by atoms with Gasteiger partial charge in [0.2, 0.25) is 10.0 Å². The smallest absolute Gasteiger partial charge is 0.244 e. The van der Waals surface area contributed by atoms with E-state index in [1.165, 1.54) is 16.4 Å². The first-order valence-electron chi connectivity index (χ1n) is 6.44. The van der Waals surface area contributed by atoms with E-state index in [4.69, 9.17) is 23.2 Å². The lowest BCUT2D eigenvalue weighted by Crippen LogP contribution is -2.44. The molecule has 4 nitrogen and oxygen atoms in total. The molecule has 1 saturated heterocycles. The number of halogens is 2. The molecule has 112 valence electrons. The average Bonchev–Trinajstić information content (AvgIpc) is 2.41. The minimum Gasteiger partial charge on any atom is -0.306 e. The molecule has 1 aromatic rings. The summed E-state index contributed by atoms with van der Waals surface area (Å²) in [6.07, 6.45) is 1.65. The molecule has 0 aliphatic carbocycles. The van der Waals surface area contributed by atoms with Crippen molar-refractivity contribution < 1.29 is 8.42 Å². The fourth-order valence-electron chi connectivity index (χ4n) is 2.38. The molecule has 0 aromatic heterocycles. The Kier molecular flexibility index (Phi) is 4.97. The Hall–Kier alpha value is -0.330. The van der Waals surface area contributed by atoms with Crippen molar-refractivity contribution in [3.63, 3.8) is 0 Å². The lowest BCUT2D eigenvalue weighted by molar-refractivity contribution is 0.197. The highest BCUT2D eigenvalue weighted by Gasteiger charge is 2.31. The highest BCUT2D eigenvalue weighted by atomic mass is 35.5. The first-order valence-corrected chi connectivity index (χ1v) is 8.63. The van der Waals surface area contributed by atoms with Crippen LogP contribution in [0.2, 0.25) is 10.0 Å². The number of sulfonamides is 1. The Morgan fingerprint density at radius 1 is 1.25 bits per heavy atom. The fourth-order valence-corrected chi connectivity index (χ4v) is 4.54. The van der Waals surface area contributed by atoms with E-state index >= 15 is 0 Å². The predicted octanol–water partition coefficient (Wildman–Crippen LogP) is 2.71. The van der Waals surface area contributed by atoms with Gasteiger partial charge >= 0.3 is 0 Å². The van der Waals surface area contributed by atoms with Crippen molar-refractivity contribution in [2.24, 2.45) is 0 Å². The average molecular weight is 337 g/mol. The van der Waals surface area contributed by atoms with Crippen LogP contribution in [0.15, 0.2) is 23.1 Å². The van der Waals surface area contributed by atoms with Gasteiger partial charge in [-0.3, -0.25) is 0 Å². The first kappa shape index (κ1) is 16.0. The molecule has 1 aromatic carbocycles. The van der Waals surface area contributed by atoms with Crippen molar-refractivity contribution in [2.45, 2.75) is 23.8 Å². The van der Waals surface area contributed by atoms with Gasteiger partial charge in [0, 0.05) is 18.1 Å². The zero-order valence-corrected chi connectivity index (χ0v) is 13.8. The summed E-state index contributed by atoms with van der Waals surface area (Å²) in [5, 5.41) is 0.568. The largest absolute Gasteiger partial charge is 0.306 e. The third-order valence-corrected chi connectivity index (χ3v) is 6.38. The second kappa shape index (κ2) is 6.20. The summed E-state index contributed by atoms with van der Waals surface area (Å²) in [6, 6.07) is 4.51. The monoisotopic (exact) mass is 336 g/mol. The van der Waals surface area contributed by atoms with Gasteiger partial charge in [-0.25, -0.2) is 8.42 Å². The van der Waals surface area contributed by atoms with Gasteiger partial charge < -0.3 is 4.90 Å². The van der Waals surface area contributed by atoms with Gasteiger partial charge in [0.25, 0.3) is 0 Å². The summed E-state index contributed by atoms with van der Waals surface area (Å²) in [6.45, 7) is 1.79. The summed E-state index contributed by atoms with van der Waals surface area (Å²) >= 11 is 11.9. The van der Waals surface area contributed by atoms with Crippen LogP contribution in [0.25, 0.3) is 0 Å². The van der Waals surface area contributed by atoms with Crippen LogP contribution in [0.5, 0.6) is 0 Å². The number of likely N-dealkylation sites (tertiary alicyclic amines) is 1. The van der Waals surface area contributed by atoms with Gasteiger partial charge in [0.15, 0.2) is 0 Å². The topological polar surface area (TPSA) is 40.6 Å². The fraction of sp³-hybridized carbons (Fsp3) is 0.538. The van der Waals surface area contributed by atoms with Crippen molar-refractivity contribution in [3.05, 3.63) is 28.2 Å². The van der Waals surface area contributed by atoms with Crippen LogP contribution < -0.4 is 0 Å². The van der Waals surface area contributed by atoms with E-state index in [0.717, 1.165) is 25.9 Å². The van der Waals surface area contributed by atoms with E-state index < -0.39 is 10.0 Å². The molecular weight excluding hydrogens is 319 g/mol. The molecule has 1 aliphatic heterocycles. The molecule has 1 fully saturated rings. The second-order valence-corrected chi connectivity index (χ2v) is 7.94. The standard InChI is InChI=1S/C13H18Cl2N2O2S/c1-16-7-5-11(6-8-16)17(2)20(18,19)13-9-10(14)3-4-12(13)15/h3-4,9,11H,5-8H2,1-2H3. The molecule has 7 heteroatoms. The molecule has 0 unspecified atom stereocenters. The molecule has 1 heterocycles. The number of nitrogens with zero attached hydrogens (tertiary/aromatic N) is 2. The minimum atomic E-state index is -3.61. The predicted molar refractivity (Wildman–Crippen MR) is 81.9 cm³/mol. The first-order chi connectivity index (χ1) is 9.32. The van der Waals surface area contributed by atoms with E-state index in [2.05, 4.69) is 4.90 Å². The SMILES string of the molecule is CN1CCC(N(C)S(=O)(=O)c2cc(Cl)ccc2Cl)CC1. The Morgan fingerprint density at radius 2 is 1.85 bits per heavy atom. The van der Waals surface area contributed by atoms with E-state index in [-0.39, 0.29) is 16.0 Å². The molecule has 0 spiro atoms. The summed E-state index contributed by atoms with van der Waals surface area (Å²) < 4.78 is 26.7. The quantitative estimate of drug-likeness (QED) is 0.852. The van der Waals surface area contributed by atoms with Crippen LogP contribution in [0.4, 0.5) is 0 Å². The molecule has 0 radical (unpaired) electrons. The zero-order valence-electron chi connectivity index (χ0n) is 11.5. The molecular formula is C13H18Cl2N2O2S. The zero-order chi connectivity index (χ0) is 14.9. The number of hydrogen-bond acceptors (Lipinski definition) is 3. The highest BCUT2D eigenvalue weighted by molar-refractivity contribution is 7.89. The normalized spacial score (nSPS) is 18.6. The maximum Gasteiger partial charge on any atom is 0.244 e. The van der Waals surface area contributed by atoms with Gasteiger partial charge in [0.05, 0.1) is 5.02 Å². The minimum absolute atomic E-state index is 0.00579. The number of piperidine rings is 1. The van der Waals surface area contributed by atoms with Crippen LogP contribution in [-0.4, -0.2) is 50.8 Å². The maximum atomic E-state index is 12.7. The molecule has 0 N–H and O–H groups in total. The highest BCUT2D eigenvalue weighted by Crippen LogP contribution is 2.29. The van der Waals surface area contributed by atoms with Crippen molar-refractivity contribution in [2.75, 3.05) is 27.2 Å². The molecule has 0 saturated carbocycles. The van der Waals surface area contributed by atoms with E-state index in [1.54, 1.807) is 13.1 Å². The summed E-state index contributed by atoms with van der Waals surface area (Å²) in [7, 11) is 0.0430. The van der Waals surface area contributed by atoms with E-state index in [9.17, 15) is 8.42 Å². The van der Waals surface area contributed by atoms with Gasteiger partial charge in [0.1, 0.15) is 4.90 Å². The lowest BCUT2D eigenvalue weighted by atomic mass is 10.1. The molecule has 2 rings (SSSR count). The second-order valence-electron chi connectivity index (χ2n) is 5.13. The molecule has 1 aliphatic rings. The van der Waals surface area contributed by atoms with Gasteiger partial charge in [-0.15, -0.1) is 0 Å². The van der Waals surface area contributed by atoms with Crippen LogP contribution in [0.3, 0.4) is 0 Å². The van der Waals surface area contributed by atoms with Gasteiger partial charge in [-0.1, -0.05) is 23.2 Å². The molecule has 0 amide bonds. The van der Waals surface area contributed by atoms with Gasteiger partial charge in [-0.2, -0.15) is 4.31 Å². The molecule has 0 atom stereocenters. The summed E-state index contributed by atoms with van der Waals surface area (Å²) in [5.41, 5.74) is 0. The Balaban J connectivity index is 2.27. The maximum absolute atomic E-state index is 12.7. The van der Waals surface area contributed by atoms with Crippen LogP contribution in [0, 0.1) is 0 Å². The number of benzene rings is 1. The summed E-state index contributed by atoms with van der Waals surface area (Å²) in [4.78, 5) is 2.27. The summed E-state index contributed by atoms with van der Waals surface area (Å²) in [5.74, 6) is 0. The lowest BCUT2D eigenvalue weighted by Gasteiger charge is -2.34. The Labute approximate surface area is 130 Å². The van der Waals surface area contributed by atoms with E-state index in [1.807, 2.05) is 7.05 Å².